The molecule has 1 aliphatic rings. The Hall–Kier alpha value is -1.62. The number of methoxy groups -OCH3 is 1. The molecule has 122 valence electrons. The number of carbonyl (C=O) groups is 1. The normalized spacial score (nSPS) is 19.5. The summed E-state index contributed by atoms with van der Waals surface area (Å²) in [5.74, 6) is 0.914. The van der Waals surface area contributed by atoms with Crippen LogP contribution in [-0.4, -0.2) is 50.3 Å². The zero-order valence-corrected chi connectivity index (χ0v) is 13.4. The van der Waals surface area contributed by atoms with Gasteiger partial charge in [-0.3, -0.25) is 14.1 Å². The Morgan fingerprint density at radius 2 is 1.91 bits per heavy atom. The Kier molecular flexibility index (Phi) is 6.19. The highest BCUT2D eigenvalue weighted by molar-refractivity contribution is 5.97. The number of nitrogens with zero attached hydrogens (tertiary/aromatic N) is 2. The van der Waals surface area contributed by atoms with Crippen LogP contribution in [-0.2, 0) is 4.79 Å². The molecule has 0 aromatic heterocycles. The molecule has 1 aromatic carbocycles. The maximum Gasteiger partial charge on any atom is 0.244 e. The molecule has 5 heteroatoms. The molecule has 1 fully saturated rings. The van der Waals surface area contributed by atoms with Gasteiger partial charge in [-0.25, -0.2) is 0 Å². The van der Waals surface area contributed by atoms with Crippen LogP contribution in [0.4, 0.5) is 10.1 Å². The molecule has 0 N–H and O–H groups in total. The van der Waals surface area contributed by atoms with Crippen molar-refractivity contribution in [3.05, 3.63) is 24.3 Å². The van der Waals surface area contributed by atoms with E-state index in [1.165, 1.54) is 0 Å². The molecule has 0 aliphatic carbocycles. The van der Waals surface area contributed by atoms with Gasteiger partial charge in [-0.15, -0.1) is 0 Å². The second-order valence-electron chi connectivity index (χ2n) is 5.65. The highest BCUT2D eigenvalue weighted by Gasteiger charge is 2.31. The van der Waals surface area contributed by atoms with Crippen LogP contribution in [0.3, 0.4) is 0 Å². The van der Waals surface area contributed by atoms with Crippen molar-refractivity contribution in [3.63, 3.8) is 0 Å². The van der Waals surface area contributed by atoms with Gasteiger partial charge in [0.15, 0.2) is 0 Å². The zero-order chi connectivity index (χ0) is 15.9. The quantitative estimate of drug-likeness (QED) is 0.726. The van der Waals surface area contributed by atoms with E-state index in [1.54, 1.807) is 7.11 Å². The summed E-state index contributed by atoms with van der Waals surface area (Å²) in [5, 5.41) is 0. The van der Waals surface area contributed by atoms with Crippen LogP contribution in [0.1, 0.15) is 26.2 Å². The van der Waals surface area contributed by atoms with Gasteiger partial charge in [-0.05, 0) is 57.0 Å². The van der Waals surface area contributed by atoms with Crippen molar-refractivity contribution in [1.82, 2.24) is 4.90 Å². The molecule has 0 saturated carbocycles. The summed E-state index contributed by atoms with van der Waals surface area (Å²) in [5.41, 5.74) is 0.912. The second-order valence-corrected chi connectivity index (χ2v) is 5.65. The van der Waals surface area contributed by atoms with Gasteiger partial charge in [0.2, 0.25) is 5.91 Å². The number of hydrogen-bond acceptors (Lipinski definition) is 3. The van der Waals surface area contributed by atoms with Crippen molar-refractivity contribution in [2.75, 3.05) is 38.3 Å². The maximum atomic E-state index is 12.6. The van der Waals surface area contributed by atoms with E-state index in [0.29, 0.717) is 13.0 Å². The predicted octanol–water partition coefficient (Wildman–Crippen LogP) is 2.87. The van der Waals surface area contributed by atoms with Crippen molar-refractivity contribution in [1.29, 1.82) is 0 Å². The lowest BCUT2D eigenvalue weighted by molar-refractivity contribution is -0.125. The van der Waals surface area contributed by atoms with E-state index in [2.05, 4.69) is 4.90 Å². The van der Waals surface area contributed by atoms with Crippen molar-refractivity contribution in [2.45, 2.75) is 32.2 Å². The predicted molar refractivity (Wildman–Crippen MR) is 86.2 cm³/mol. The molecule has 22 heavy (non-hydrogen) atoms. The van der Waals surface area contributed by atoms with E-state index in [9.17, 15) is 9.18 Å². The Balaban J connectivity index is 1.93. The third-order valence-corrected chi connectivity index (χ3v) is 4.25. The fourth-order valence-electron chi connectivity index (χ4n) is 2.82. The van der Waals surface area contributed by atoms with E-state index in [4.69, 9.17) is 4.74 Å². The van der Waals surface area contributed by atoms with Gasteiger partial charge in [-0.1, -0.05) is 0 Å². The fourth-order valence-corrected chi connectivity index (χ4v) is 2.82. The summed E-state index contributed by atoms with van der Waals surface area (Å²) in [6.07, 6.45) is 2.45. The van der Waals surface area contributed by atoms with Crippen molar-refractivity contribution in [2.24, 2.45) is 0 Å². The number of carbonyl (C=O) groups excluding carboxylic acids is 1. The summed E-state index contributed by atoms with van der Waals surface area (Å²) in [4.78, 5) is 16.6. The molecule has 1 saturated heterocycles. The van der Waals surface area contributed by atoms with E-state index in [0.717, 1.165) is 37.4 Å². The highest BCUT2D eigenvalue weighted by Crippen LogP contribution is 2.23. The first-order valence-corrected chi connectivity index (χ1v) is 7.93. The molecule has 1 aromatic rings. The number of piperazine rings is 1. The van der Waals surface area contributed by atoms with Crippen molar-refractivity contribution in [3.8, 4) is 5.75 Å². The van der Waals surface area contributed by atoms with E-state index in [-0.39, 0.29) is 18.6 Å². The van der Waals surface area contributed by atoms with E-state index in [1.807, 2.05) is 36.1 Å². The molecule has 1 atom stereocenters. The lowest BCUT2D eigenvalue weighted by Crippen LogP contribution is -2.56. The summed E-state index contributed by atoms with van der Waals surface area (Å²) >= 11 is 0. The number of ether oxygens (including phenoxy) is 1. The van der Waals surface area contributed by atoms with Gasteiger partial charge in [-0.2, -0.15) is 0 Å². The van der Waals surface area contributed by atoms with Crippen molar-refractivity contribution >= 4 is 11.6 Å². The first-order valence-electron chi connectivity index (χ1n) is 7.93. The average Bonchev–Trinajstić information content (AvgIpc) is 2.55. The zero-order valence-electron chi connectivity index (χ0n) is 13.4. The summed E-state index contributed by atoms with van der Waals surface area (Å²) in [6.45, 7) is 4.11. The minimum Gasteiger partial charge on any atom is -0.497 e. The number of rotatable bonds is 7. The van der Waals surface area contributed by atoms with E-state index >= 15 is 0 Å². The molecule has 1 unspecified atom stereocenters. The topological polar surface area (TPSA) is 32.8 Å². The average molecular weight is 308 g/mol. The first kappa shape index (κ1) is 16.7. The van der Waals surface area contributed by atoms with Gasteiger partial charge in [0.05, 0.1) is 19.8 Å². The molecule has 0 radical (unpaired) electrons. The van der Waals surface area contributed by atoms with Crippen LogP contribution >= 0.6 is 0 Å². The number of alkyl halides is 1. The SMILES string of the molecule is COc1ccc(N2CCN(CCCCCF)C(C)C2=O)cc1. The summed E-state index contributed by atoms with van der Waals surface area (Å²) in [7, 11) is 1.63. The van der Waals surface area contributed by atoms with Crippen LogP contribution in [0.5, 0.6) is 5.75 Å². The summed E-state index contributed by atoms with van der Waals surface area (Å²) < 4.78 is 17.3. The van der Waals surface area contributed by atoms with Crippen LogP contribution in [0.15, 0.2) is 24.3 Å². The van der Waals surface area contributed by atoms with Crippen LogP contribution in [0.2, 0.25) is 0 Å². The maximum absolute atomic E-state index is 12.6. The number of benzene rings is 1. The number of amides is 1. The Morgan fingerprint density at radius 3 is 2.55 bits per heavy atom. The van der Waals surface area contributed by atoms with Gasteiger partial charge < -0.3 is 9.64 Å². The molecule has 1 aliphatic heterocycles. The number of hydrogen-bond donors (Lipinski definition) is 0. The fraction of sp³-hybridized carbons (Fsp3) is 0.588. The third-order valence-electron chi connectivity index (χ3n) is 4.25. The third kappa shape index (κ3) is 3.97. The minimum atomic E-state index is -0.250. The second kappa shape index (κ2) is 8.13. The van der Waals surface area contributed by atoms with E-state index < -0.39 is 0 Å². The Bertz CT molecular complexity index is 478. The highest BCUT2D eigenvalue weighted by atomic mass is 19.1. The Morgan fingerprint density at radius 1 is 1.18 bits per heavy atom. The van der Waals surface area contributed by atoms with Crippen LogP contribution < -0.4 is 9.64 Å². The minimum absolute atomic E-state index is 0.124. The molecule has 2 rings (SSSR count). The van der Waals surface area contributed by atoms with Crippen LogP contribution in [0, 0.1) is 0 Å². The standard InChI is InChI=1S/C17H25FN2O2/c1-14-17(21)20(15-6-8-16(22-2)9-7-15)13-12-19(14)11-5-3-4-10-18/h6-9,14H,3-5,10-13H2,1-2H3. The molecular formula is C17H25FN2O2. The monoisotopic (exact) mass is 308 g/mol. The van der Waals surface area contributed by atoms with Gasteiger partial charge in [0.25, 0.3) is 0 Å². The first-order chi connectivity index (χ1) is 10.7. The lowest BCUT2D eigenvalue weighted by atomic mass is 10.1. The molecule has 1 amide bonds. The number of anilines is 1. The molecule has 0 spiro atoms. The van der Waals surface area contributed by atoms with Gasteiger partial charge in [0.1, 0.15) is 5.75 Å². The van der Waals surface area contributed by atoms with Gasteiger partial charge in [0, 0.05) is 18.8 Å². The molecule has 0 bridgehead atoms. The smallest absolute Gasteiger partial charge is 0.244 e. The number of halogens is 1. The molecule has 1 heterocycles. The summed E-state index contributed by atoms with van der Waals surface area (Å²) in [6, 6.07) is 7.45. The van der Waals surface area contributed by atoms with Crippen molar-refractivity contribution < 1.29 is 13.9 Å². The molecule has 4 nitrogen and oxygen atoms in total. The molecular weight excluding hydrogens is 283 g/mol. The van der Waals surface area contributed by atoms with Gasteiger partial charge >= 0.3 is 0 Å². The number of unbranched alkanes of at least 4 members (excludes halogenated alkanes) is 2. The largest absolute Gasteiger partial charge is 0.497 e. The Labute approximate surface area is 131 Å². The van der Waals surface area contributed by atoms with Crippen LogP contribution in [0.25, 0.3) is 0 Å². The lowest BCUT2D eigenvalue weighted by Gasteiger charge is -2.39.